The molecule has 0 aromatic heterocycles. The Morgan fingerprint density at radius 3 is 2.07 bits per heavy atom. The molecule has 1 amide bonds. The van der Waals surface area contributed by atoms with Gasteiger partial charge in [-0.25, -0.2) is 13.6 Å². The third-order valence-corrected chi connectivity index (χ3v) is 16.1. The number of nitrogens with zero attached hydrogens (tertiary/aromatic N) is 2. The molecule has 4 aromatic rings. The zero-order valence-corrected chi connectivity index (χ0v) is 34.6. The molecule has 0 bridgehead atoms. The zero-order chi connectivity index (χ0) is 39.9. The summed E-state index contributed by atoms with van der Waals surface area (Å²) >= 11 is 0. The van der Waals surface area contributed by atoms with Crippen LogP contribution in [0.1, 0.15) is 77.6 Å². The number of likely N-dealkylation sites (tertiary alicyclic amines) is 1. The van der Waals surface area contributed by atoms with E-state index in [1.165, 1.54) is 0 Å². The molecule has 56 heavy (non-hydrogen) atoms. The Kier molecular flexibility index (Phi) is 11.0. The fourth-order valence-electron chi connectivity index (χ4n) is 8.57. The number of carbonyl (C=O) groups is 1. The van der Waals surface area contributed by atoms with E-state index in [0.717, 1.165) is 39.2 Å². The fourth-order valence-corrected chi connectivity index (χ4v) is 13.2. The number of hydrogen-bond acceptors (Lipinski definition) is 7. The van der Waals surface area contributed by atoms with Gasteiger partial charge in [-0.1, -0.05) is 93.6 Å². The van der Waals surface area contributed by atoms with Crippen molar-refractivity contribution >= 4 is 30.5 Å². The first-order chi connectivity index (χ1) is 26.5. The second-order valence-corrected chi connectivity index (χ2v) is 21.8. The van der Waals surface area contributed by atoms with E-state index in [1.807, 2.05) is 130 Å². The summed E-state index contributed by atoms with van der Waals surface area (Å²) in [7, 11) is -3.20. The minimum Gasteiger partial charge on any atom is -0.454 e. The molecule has 0 spiro atoms. The number of benzene rings is 4. The van der Waals surface area contributed by atoms with Crippen molar-refractivity contribution in [3.8, 4) is 11.5 Å². The molecule has 1 saturated heterocycles. The van der Waals surface area contributed by atoms with Crippen LogP contribution in [0.3, 0.4) is 0 Å². The zero-order valence-electron chi connectivity index (χ0n) is 33.6. The second-order valence-electron chi connectivity index (χ2n) is 17.5. The predicted octanol–water partition coefficient (Wildman–Crippen LogP) is 8.38. The summed E-state index contributed by atoms with van der Waals surface area (Å²) in [6.45, 7) is 14.0. The molecule has 1 fully saturated rings. The van der Waals surface area contributed by atoms with Crippen molar-refractivity contribution in [2.45, 2.75) is 96.0 Å². The van der Waals surface area contributed by atoms with Crippen molar-refractivity contribution in [1.82, 2.24) is 9.80 Å². The molecule has 4 aromatic carbocycles. The molecule has 1 N–H and O–H groups in total. The number of amides is 1. The minimum atomic E-state index is -3.20. The van der Waals surface area contributed by atoms with E-state index in [-0.39, 0.29) is 25.0 Å². The molecule has 0 aliphatic carbocycles. The van der Waals surface area contributed by atoms with E-state index < -0.39 is 44.1 Å². The van der Waals surface area contributed by atoms with Crippen molar-refractivity contribution in [3.63, 3.8) is 0 Å². The van der Waals surface area contributed by atoms with Crippen LogP contribution in [0.5, 0.6) is 11.5 Å². The lowest BCUT2D eigenvalue weighted by Gasteiger charge is -2.46. The van der Waals surface area contributed by atoms with E-state index in [1.54, 1.807) is 4.90 Å². The lowest BCUT2D eigenvalue weighted by atomic mass is 9.84. The van der Waals surface area contributed by atoms with Gasteiger partial charge in [0, 0.05) is 30.9 Å². The number of halogens is 2. The molecule has 3 heterocycles. The normalized spacial score (nSPS) is 20.2. The Morgan fingerprint density at radius 2 is 1.48 bits per heavy atom. The largest absolute Gasteiger partial charge is 0.454 e. The maximum Gasteiger partial charge on any atom is 0.410 e. The van der Waals surface area contributed by atoms with Gasteiger partial charge in [0.25, 0.3) is 14.2 Å². The standard InChI is InChI=1S/C45H55F2N3O5Si/c1-31-24-33-25-39-40(53-30-52-39)26-38(33)41(32-18-20-34(21-19-32)48-35-22-23-49(27-35)42(51)55-43(2,3)4)50(31)28-45(46,47)29-54-56(44(5,6)7,36-14-10-8-11-15-36)37-16-12-9-13-17-37/h8-21,25-26,31,35,41,48H,22-24,27-30H2,1-7H3/t31-,35+,41-/m1/s1. The topological polar surface area (TPSA) is 72.5 Å². The monoisotopic (exact) mass is 783 g/mol. The molecule has 3 atom stereocenters. The van der Waals surface area contributed by atoms with Crippen molar-refractivity contribution < 1.29 is 32.2 Å². The Labute approximate surface area is 331 Å². The number of alkyl halides is 2. The maximum absolute atomic E-state index is 16.9. The molecule has 298 valence electrons. The number of anilines is 1. The molecule has 0 saturated carbocycles. The maximum atomic E-state index is 16.9. The third kappa shape index (κ3) is 8.31. The number of carbonyl (C=O) groups excluding carboxylic acids is 1. The predicted molar refractivity (Wildman–Crippen MR) is 219 cm³/mol. The highest BCUT2D eigenvalue weighted by atomic mass is 28.4. The molecule has 11 heteroatoms. The van der Waals surface area contributed by atoms with Crippen molar-refractivity contribution in [2.24, 2.45) is 0 Å². The Hall–Kier alpha value is -4.45. The number of fused-ring (bicyclic) bond motifs is 2. The van der Waals surface area contributed by atoms with Crippen LogP contribution < -0.4 is 25.2 Å². The lowest BCUT2D eigenvalue weighted by molar-refractivity contribution is -0.0818. The van der Waals surface area contributed by atoms with Gasteiger partial charge >= 0.3 is 6.09 Å². The van der Waals surface area contributed by atoms with E-state index >= 15 is 8.78 Å². The average Bonchev–Trinajstić information content (AvgIpc) is 3.81. The Morgan fingerprint density at radius 1 is 0.875 bits per heavy atom. The van der Waals surface area contributed by atoms with E-state index in [0.29, 0.717) is 31.0 Å². The van der Waals surface area contributed by atoms with Gasteiger partial charge in [0.05, 0.1) is 19.2 Å². The summed E-state index contributed by atoms with van der Waals surface area (Å²) in [5.74, 6) is -1.87. The summed E-state index contributed by atoms with van der Waals surface area (Å²) in [5, 5.41) is 5.06. The fraction of sp³-hybridized carbons (Fsp3) is 0.444. The molecular weight excluding hydrogens is 729 g/mol. The van der Waals surface area contributed by atoms with Gasteiger partial charge in [0.1, 0.15) is 5.60 Å². The van der Waals surface area contributed by atoms with Crippen LogP contribution >= 0.6 is 0 Å². The van der Waals surface area contributed by atoms with Gasteiger partial charge in [0.15, 0.2) is 11.5 Å². The van der Waals surface area contributed by atoms with Crippen LogP contribution in [0.15, 0.2) is 97.1 Å². The second kappa shape index (κ2) is 15.5. The average molecular weight is 784 g/mol. The van der Waals surface area contributed by atoms with E-state index in [9.17, 15) is 4.79 Å². The van der Waals surface area contributed by atoms with E-state index in [4.69, 9.17) is 18.6 Å². The van der Waals surface area contributed by atoms with Gasteiger partial charge in [-0.2, -0.15) is 0 Å². The van der Waals surface area contributed by atoms with E-state index in [2.05, 4.69) is 26.1 Å². The molecule has 8 nitrogen and oxygen atoms in total. The SMILES string of the molecule is C[C@@H]1Cc2cc3c(cc2[C@@H](c2ccc(N[C@H]4CCN(C(=O)OC(C)(C)C)C4)cc2)N1CC(F)(F)CO[Si](c1ccccc1)(c1ccccc1)C(C)(C)C)OCO3. The van der Waals surface area contributed by atoms with Gasteiger partial charge in [0.2, 0.25) is 6.79 Å². The number of nitrogens with one attached hydrogen (secondary N) is 1. The van der Waals surface area contributed by atoms with Gasteiger partial charge in [-0.05, 0) is 96.9 Å². The summed E-state index contributed by atoms with van der Waals surface area (Å²) in [6.07, 6.45) is 1.07. The van der Waals surface area contributed by atoms with Crippen molar-refractivity contribution in [1.29, 1.82) is 0 Å². The summed E-state index contributed by atoms with van der Waals surface area (Å²) in [5.41, 5.74) is 3.23. The van der Waals surface area contributed by atoms with Crippen LogP contribution in [-0.2, 0) is 15.6 Å². The Balaban J connectivity index is 1.16. The summed E-state index contributed by atoms with van der Waals surface area (Å²) < 4.78 is 57.6. The third-order valence-electron chi connectivity index (χ3n) is 11.1. The summed E-state index contributed by atoms with van der Waals surface area (Å²) in [6, 6.07) is 31.2. The Bertz CT molecular complexity index is 1950. The first-order valence-corrected chi connectivity index (χ1v) is 21.6. The highest BCUT2D eigenvalue weighted by molar-refractivity contribution is 6.99. The summed E-state index contributed by atoms with van der Waals surface area (Å²) in [4.78, 5) is 16.3. The lowest BCUT2D eigenvalue weighted by Crippen LogP contribution is -2.67. The minimum absolute atomic E-state index is 0.0641. The molecule has 3 aliphatic heterocycles. The molecule has 0 radical (unpaired) electrons. The molecule has 0 unspecified atom stereocenters. The number of ether oxygens (including phenoxy) is 3. The van der Waals surface area contributed by atoms with Crippen LogP contribution in [0, 0.1) is 0 Å². The van der Waals surface area contributed by atoms with Crippen molar-refractivity contribution in [3.05, 3.63) is 114 Å². The first kappa shape index (κ1) is 39.8. The van der Waals surface area contributed by atoms with Crippen LogP contribution in [0.25, 0.3) is 0 Å². The molecule has 3 aliphatic rings. The smallest absolute Gasteiger partial charge is 0.410 e. The number of rotatable bonds is 10. The highest BCUT2D eigenvalue weighted by Crippen LogP contribution is 2.46. The first-order valence-electron chi connectivity index (χ1n) is 19.7. The van der Waals surface area contributed by atoms with Gasteiger partial charge in [-0.3, -0.25) is 4.90 Å². The molecule has 7 rings (SSSR count). The van der Waals surface area contributed by atoms with Gasteiger partial charge in [-0.15, -0.1) is 0 Å². The highest BCUT2D eigenvalue weighted by Gasteiger charge is 2.52. The van der Waals surface area contributed by atoms with Crippen molar-refractivity contribution in [2.75, 3.05) is 38.4 Å². The number of hydrogen-bond donors (Lipinski definition) is 1. The van der Waals surface area contributed by atoms with Crippen LogP contribution in [0.2, 0.25) is 5.04 Å². The quantitative estimate of drug-likeness (QED) is 0.162. The molecular formula is C45H55F2N3O5Si. The van der Waals surface area contributed by atoms with Crippen LogP contribution in [-0.4, -0.2) is 80.9 Å². The van der Waals surface area contributed by atoms with Gasteiger partial charge < -0.3 is 28.9 Å². The van der Waals surface area contributed by atoms with Crippen LogP contribution in [0.4, 0.5) is 19.3 Å².